The maximum absolute atomic E-state index is 6.30. The molecule has 0 spiro atoms. The summed E-state index contributed by atoms with van der Waals surface area (Å²) in [4.78, 5) is 2.39. The van der Waals surface area contributed by atoms with Crippen LogP contribution in [0.15, 0.2) is 24.3 Å². The van der Waals surface area contributed by atoms with E-state index in [2.05, 4.69) is 17.9 Å². The normalized spacial score (nSPS) is 22.2. The fourth-order valence-electron chi connectivity index (χ4n) is 2.45. The Morgan fingerprint density at radius 1 is 1.53 bits per heavy atom. The number of nitrogens with zero attached hydrogens (tertiary/aromatic N) is 1. The molecule has 4 nitrogen and oxygen atoms in total. The van der Waals surface area contributed by atoms with E-state index >= 15 is 0 Å². The van der Waals surface area contributed by atoms with Crippen LogP contribution in [-0.4, -0.2) is 44.4 Å². The summed E-state index contributed by atoms with van der Waals surface area (Å²) >= 11 is 0. The monoisotopic (exact) mass is 264 g/mol. The van der Waals surface area contributed by atoms with E-state index in [0.717, 1.165) is 44.0 Å². The molecule has 0 amide bonds. The summed E-state index contributed by atoms with van der Waals surface area (Å²) in [5.41, 5.74) is 7.42. The fourth-order valence-corrected chi connectivity index (χ4v) is 2.45. The van der Waals surface area contributed by atoms with Gasteiger partial charge in [-0.15, -0.1) is 0 Å². The maximum Gasteiger partial charge on any atom is 0.119 e. The lowest BCUT2D eigenvalue weighted by Crippen LogP contribution is -2.44. The number of methoxy groups -OCH3 is 1. The standard InChI is InChI=1S/C15H24N2O2/c1-3-13-10-17(7-8-19-13)11-15(16)12-5-4-6-14(9-12)18-2/h4-6,9,13,15H,3,7-8,10-11,16H2,1-2H3. The number of rotatable bonds is 5. The summed E-state index contributed by atoms with van der Waals surface area (Å²) in [5.74, 6) is 0.862. The molecule has 2 rings (SSSR count). The minimum Gasteiger partial charge on any atom is -0.497 e. The highest BCUT2D eigenvalue weighted by Gasteiger charge is 2.21. The summed E-state index contributed by atoms with van der Waals surface area (Å²) in [6.45, 7) is 5.79. The second-order valence-electron chi connectivity index (χ2n) is 5.04. The highest BCUT2D eigenvalue weighted by atomic mass is 16.5. The molecule has 106 valence electrons. The molecule has 19 heavy (non-hydrogen) atoms. The van der Waals surface area contributed by atoms with Gasteiger partial charge in [-0.1, -0.05) is 19.1 Å². The van der Waals surface area contributed by atoms with Crippen LogP contribution in [0.3, 0.4) is 0 Å². The molecule has 1 heterocycles. The van der Waals surface area contributed by atoms with Gasteiger partial charge in [0, 0.05) is 25.7 Å². The van der Waals surface area contributed by atoms with Gasteiger partial charge in [0.25, 0.3) is 0 Å². The van der Waals surface area contributed by atoms with Crippen LogP contribution in [-0.2, 0) is 4.74 Å². The number of hydrogen-bond donors (Lipinski definition) is 1. The molecule has 1 saturated heterocycles. The van der Waals surface area contributed by atoms with Crippen molar-refractivity contribution in [2.45, 2.75) is 25.5 Å². The molecule has 1 fully saturated rings. The molecule has 2 atom stereocenters. The van der Waals surface area contributed by atoms with E-state index in [0.29, 0.717) is 6.10 Å². The molecule has 0 radical (unpaired) electrons. The van der Waals surface area contributed by atoms with Crippen molar-refractivity contribution in [3.05, 3.63) is 29.8 Å². The van der Waals surface area contributed by atoms with Crippen molar-refractivity contribution in [3.8, 4) is 5.75 Å². The van der Waals surface area contributed by atoms with Gasteiger partial charge >= 0.3 is 0 Å². The van der Waals surface area contributed by atoms with Crippen LogP contribution >= 0.6 is 0 Å². The second kappa shape index (κ2) is 6.89. The van der Waals surface area contributed by atoms with E-state index in [4.69, 9.17) is 15.2 Å². The van der Waals surface area contributed by atoms with Crippen LogP contribution in [0, 0.1) is 0 Å². The van der Waals surface area contributed by atoms with E-state index in [1.807, 2.05) is 18.2 Å². The average Bonchev–Trinajstić information content (AvgIpc) is 2.47. The maximum atomic E-state index is 6.30. The predicted molar refractivity (Wildman–Crippen MR) is 76.4 cm³/mol. The van der Waals surface area contributed by atoms with Gasteiger partial charge in [0.15, 0.2) is 0 Å². The lowest BCUT2D eigenvalue weighted by molar-refractivity contribution is -0.0312. The molecule has 1 aliphatic rings. The lowest BCUT2D eigenvalue weighted by Gasteiger charge is -2.34. The van der Waals surface area contributed by atoms with Crippen molar-refractivity contribution in [2.24, 2.45) is 5.73 Å². The van der Waals surface area contributed by atoms with Gasteiger partial charge in [-0.3, -0.25) is 4.90 Å². The SMILES string of the molecule is CCC1CN(CC(N)c2cccc(OC)c2)CCO1. The zero-order valence-corrected chi connectivity index (χ0v) is 11.8. The first kappa shape index (κ1) is 14.3. The number of benzene rings is 1. The Morgan fingerprint density at radius 3 is 3.11 bits per heavy atom. The van der Waals surface area contributed by atoms with Crippen LogP contribution in [0.2, 0.25) is 0 Å². The minimum atomic E-state index is 0.0192. The van der Waals surface area contributed by atoms with Crippen LogP contribution in [0.4, 0.5) is 0 Å². The van der Waals surface area contributed by atoms with Crippen molar-refractivity contribution in [1.82, 2.24) is 4.90 Å². The van der Waals surface area contributed by atoms with E-state index in [9.17, 15) is 0 Å². The zero-order chi connectivity index (χ0) is 13.7. The Morgan fingerprint density at radius 2 is 2.37 bits per heavy atom. The molecule has 1 aromatic carbocycles. The first-order valence-corrected chi connectivity index (χ1v) is 6.96. The Hall–Kier alpha value is -1.10. The number of ether oxygens (including phenoxy) is 2. The molecule has 1 aromatic rings. The third-order valence-electron chi connectivity index (χ3n) is 3.66. The van der Waals surface area contributed by atoms with Gasteiger partial charge in [0.2, 0.25) is 0 Å². The Labute approximate surface area is 115 Å². The van der Waals surface area contributed by atoms with Crippen molar-refractivity contribution in [2.75, 3.05) is 33.4 Å². The highest BCUT2D eigenvalue weighted by molar-refractivity contribution is 5.30. The smallest absolute Gasteiger partial charge is 0.119 e. The molecule has 0 saturated carbocycles. The van der Waals surface area contributed by atoms with E-state index in [-0.39, 0.29) is 6.04 Å². The molecule has 0 aliphatic carbocycles. The van der Waals surface area contributed by atoms with Gasteiger partial charge in [-0.25, -0.2) is 0 Å². The summed E-state index contributed by atoms with van der Waals surface area (Å²) in [6.07, 6.45) is 1.41. The summed E-state index contributed by atoms with van der Waals surface area (Å²) in [5, 5.41) is 0. The molecule has 4 heteroatoms. The number of nitrogens with two attached hydrogens (primary N) is 1. The van der Waals surface area contributed by atoms with Crippen molar-refractivity contribution in [1.29, 1.82) is 0 Å². The zero-order valence-electron chi connectivity index (χ0n) is 11.8. The van der Waals surface area contributed by atoms with E-state index in [1.165, 1.54) is 0 Å². The van der Waals surface area contributed by atoms with Crippen LogP contribution in [0.1, 0.15) is 24.9 Å². The molecular weight excluding hydrogens is 240 g/mol. The number of morpholine rings is 1. The van der Waals surface area contributed by atoms with Gasteiger partial charge < -0.3 is 15.2 Å². The number of hydrogen-bond acceptors (Lipinski definition) is 4. The first-order valence-electron chi connectivity index (χ1n) is 6.96. The van der Waals surface area contributed by atoms with Gasteiger partial charge in [-0.05, 0) is 24.1 Å². The first-order chi connectivity index (χ1) is 9.22. The van der Waals surface area contributed by atoms with Gasteiger partial charge in [0.05, 0.1) is 19.8 Å². The van der Waals surface area contributed by atoms with Crippen molar-refractivity contribution >= 4 is 0 Å². The predicted octanol–water partition coefficient (Wildman–Crippen LogP) is 1.81. The quantitative estimate of drug-likeness (QED) is 0.881. The lowest BCUT2D eigenvalue weighted by atomic mass is 10.1. The van der Waals surface area contributed by atoms with Crippen LogP contribution < -0.4 is 10.5 Å². The van der Waals surface area contributed by atoms with Crippen LogP contribution in [0.5, 0.6) is 5.75 Å². The highest BCUT2D eigenvalue weighted by Crippen LogP contribution is 2.19. The molecule has 2 unspecified atom stereocenters. The largest absolute Gasteiger partial charge is 0.497 e. The Bertz CT molecular complexity index is 397. The molecular formula is C15H24N2O2. The second-order valence-corrected chi connectivity index (χ2v) is 5.04. The topological polar surface area (TPSA) is 47.7 Å². The summed E-state index contributed by atoms with van der Waals surface area (Å²) < 4.78 is 10.9. The third kappa shape index (κ3) is 3.93. The molecule has 0 bridgehead atoms. The average molecular weight is 264 g/mol. The van der Waals surface area contributed by atoms with Gasteiger partial charge in [-0.2, -0.15) is 0 Å². The Kier molecular flexibility index (Phi) is 5.19. The molecule has 0 aromatic heterocycles. The van der Waals surface area contributed by atoms with Crippen LogP contribution in [0.25, 0.3) is 0 Å². The molecule has 1 aliphatic heterocycles. The van der Waals surface area contributed by atoms with E-state index < -0.39 is 0 Å². The Balaban J connectivity index is 1.94. The van der Waals surface area contributed by atoms with Crippen molar-refractivity contribution in [3.63, 3.8) is 0 Å². The molecule has 2 N–H and O–H groups in total. The minimum absolute atomic E-state index is 0.0192. The van der Waals surface area contributed by atoms with E-state index in [1.54, 1.807) is 7.11 Å². The summed E-state index contributed by atoms with van der Waals surface area (Å²) in [6, 6.07) is 8.03. The van der Waals surface area contributed by atoms with Gasteiger partial charge in [0.1, 0.15) is 5.75 Å². The van der Waals surface area contributed by atoms with Crippen molar-refractivity contribution < 1.29 is 9.47 Å². The third-order valence-corrected chi connectivity index (χ3v) is 3.66. The fraction of sp³-hybridized carbons (Fsp3) is 0.600. The summed E-state index contributed by atoms with van der Waals surface area (Å²) in [7, 11) is 1.68.